The summed E-state index contributed by atoms with van der Waals surface area (Å²) in [4.78, 5) is 3.91. The van der Waals surface area contributed by atoms with Crippen molar-refractivity contribution in [2.24, 2.45) is 0 Å². The molecule has 0 atom stereocenters. The molecule has 7 heteroatoms. The SMILES string of the molecule is CCCCOc1ccc(-c2c(N)c(-c3ccc(OCCCC)cc3)c3c([nH]c4ccc(N)c(-c5ccc(OCCCC)cc5)c43)c2-c2ccc(OCCCC)cc2)cc1. The van der Waals surface area contributed by atoms with E-state index < -0.39 is 0 Å². The lowest BCUT2D eigenvalue weighted by atomic mass is 9.84. The van der Waals surface area contributed by atoms with E-state index in [2.05, 4.69) is 99.4 Å². The number of benzene rings is 6. The van der Waals surface area contributed by atoms with Gasteiger partial charge in [0.2, 0.25) is 0 Å². The fraction of sp³-hybridized carbons (Fsp3) is 0.308. The Balaban J connectivity index is 1.51. The summed E-state index contributed by atoms with van der Waals surface area (Å²) in [6.07, 6.45) is 8.32. The van der Waals surface area contributed by atoms with Crippen LogP contribution in [0.1, 0.15) is 79.1 Å². The molecule has 7 aromatic rings. The van der Waals surface area contributed by atoms with Crippen LogP contribution in [0.5, 0.6) is 23.0 Å². The van der Waals surface area contributed by atoms with Gasteiger partial charge in [-0.25, -0.2) is 0 Å². The summed E-state index contributed by atoms with van der Waals surface area (Å²) in [7, 11) is 0. The minimum absolute atomic E-state index is 0.670. The number of nitrogens with one attached hydrogen (secondary N) is 1. The Labute approximate surface area is 349 Å². The minimum atomic E-state index is 0.670. The number of hydrogen-bond donors (Lipinski definition) is 3. The molecule has 0 saturated carbocycles. The highest BCUT2D eigenvalue weighted by Crippen LogP contribution is 2.52. The number of ether oxygens (including phenoxy) is 4. The zero-order valence-electron chi connectivity index (χ0n) is 35.2. The van der Waals surface area contributed by atoms with Crippen LogP contribution in [0.2, 0.25) is 0 Å². The van der Waals surface area contributed by atoms with Gasteiger partial charge in [-0.3, -0.25) is 0 Å². The lowest BCUT2D eigenvalue weighted by Gasteiger charge is -2.21. The first-order valence-corrected chi connectivity index (χ1v) is 21.6. The first-order chi connectivity index (χ1) is 28.9. The lowest BCUT2D eigenvalue weighted by Crippen LogP contribution is -2.01. The molecule has 5 N–H and O–H groups in total. The van der Waals surface area contributed by atoms with Crippen LogP contribution in [0.4, 0.5) is 11.4 Å². The third-order valence-electron chi connectivity index (χ3n) is 10.9. The number of unbranched alkanes of at least 4 members (excludes halogenated alkanes) is 4. The maximum atomic E-state index is 7.64. The first kappa shape index (κ1) is 41.1. The largest absolute Gasteiger partial charge is 0.494 e. The van der Waals surface area contributed by atoms with Crippen LogP contribution >= 0.6 is 0 Å². The number of nitrogens with two attached hydrogens (primary N) is 2. The molecule has 0 bridgehead atoms. The maximum absolute atomic E-state index is 7.64. The summed E-state index contributed by atoms with van der Waals surface area (Å²) in [6, 6.07) is 37.4. The molecule has 1 aromatic heterocycles. The molecule has 0 fully saturated rings. The zero-order valence-corrected chi connectivity index (χ0v) is 35.2. The molecule has 7 nitrogen and oxygen atoms in total. The van der Waals surface area contributed by atoms with Crippen LogP contribution < -0.4 is 30.4 Å². The Kier molecular flexibility index (Phi) is 13.6. The molecule has 0 radical (unpaired) electrons. The highest BCUT2D eigenvalue weighted by Gasteiger charge is 2.27. The fourth-order valence-electron chi connectivity index (χ4n) is 7.67. The van der Waals surface area contributed by atoms with Gasteiger partial charge < -0.3 is 35.4 Å². The van der Waals surface area contributed by atoms with Gasteiger partial charge in [-0.2, -0.15) is 0 Å². The Bertz CT molecular complexity index is 2430. The molecular weight excluding hydrogens is 731 g/mol. The number of aromatic nitrogens is 1. The predicted octanol–water partition coefficient (Wildman–Crippen LogP) is 13.9. The van der Waals surface area contributed by atoms with E-state index in [1.165, 1.54) is 0 Å². The molecule has 7 rings (SSSR count). The summed E-state index contributed by atoms with van der Waals surface area (Å²) in [5.74, 6) is 3.35. The van der Waals surface area contributed by atoms with Crippen LogP contribution in [0.3, 0.4) is 0 Å². The van der Waals surface area contributed by atoms with Crippen LogP contribution in [0.15, 0.2) is 109 Å². The topological polar surface area (TPSA) is 105 Å². The monoisotopic (exact) mass is 789 g/mol. The van der Waals surface area contributed by atoms with Crippen LogP contribution in [-0.4, -0.2) is 31.4 Å². The summed E-state index contributed by atoms with van der Waals surface area (Å²) in [6.45, 7) is 11.4. The second kappa shape index (κ2) is 19.6. The minimum Gasteiger partial charge on any atom is -0.494 e. The van der Waals surface area contributed by atoms with Crippen molar-refractivity contribution >= 4 is 33.2 Å². The number of nitrogen functional groups attached to an aromatic ring is 2. The highest BCUT2D eigenvalue weighted by molar-refractivity contribution is 6.28. The summed E-state index contributed by atoms with van der Waals surface area (Å²) >= 11 is 0. The van der Waals surface area contributed by atoms with Gasteiger partial charge in [0.25, 0.3) is 0 Å². The molecule has 0 aliphatic rings. The van der Waals surface area contributed by atoms with Gasteiger partial charge in [0.1, 0.15) is 23.0 Å². The molecule has 0 amide bonds. The molecule has 6 aromatic carbocycles. The van der Waals surface area contributed by atoms with Crippen molar-refractivity contribution in [3.8, 4) is 67.5 Å². The average molecular weight is 790 g/mol. The van der Waals surface area contributed by atoms with E-state index in [0.29, 0.717) is 37.8 Å². The standard InChI is InChI=1S/C52H59N3O4/c1-5-9-31-56-39-21-13-35(14-22-39)45-43(53)29-30-44-49(45)50-47(37-17-25-41(26-18-37)58-33-11-7-3)51(54)46(36-15-23-40(24-16-36)57-32-10-6-2)48(52(50)55-44)38-19-27-42(28-20-38)59-34-12-8-4/h13-30,55H,5-12,31-34,53-54H2,1-4H3. The number of fused-ring (bicyclic) bond motifs is 3. The highest BCUT2D eigenvalue weighted by atomic mass is 16.5. The van der Waals surface area contributed by atoms with Gasteiger partial charge >= 0.3 is 0 Å². The lowest BCUT2D eigenvalue weighted by molar-refractivity contribution is 0.309. The second-order valence-electron chi connectivity index (χ2n) is 15.3. The summed E-state index contributed by atoms with van der Waals surface area (Å²) in [5.41, 5.74) is 25.7. The van der Waals surface area contributed by atoms with Crippen molar-refractivity contribution in [3.05, 3.63) is 109 Å². The number of hydrogen-bond acceptors (Lipinski definition) is 6. The van der Waals surface area contributed by atoms with E-state index in [1.54, 1.807) is 0 Å². The van der Waals surface area contributed by atoms with Crippen molar-refractivity contribution in [2.75, 3.05) is 37.9 Å². The van der Waals surface area contributed by atoms with Gasteiger partial charge in [-0.15, -0.1) is 0 Å². The zero-order chi connectivity index (χ0) is 41.1. The van der Waals surface area contributed by atoms with Crippen molar-refractivity contribution in [2.45, 2.75) is 79.1 Å². The maximum Gasteiger partial charge on any atom is 0.119 e. The fourth-order valence-corrected chi connectivity index (χ4v) is 7.67. The molecule has 0 aliphatic carbocycles. The second-order valence-corrected chi connectivity index (χ2v) is 15.3. The third kappa shape index (κ3) is 9.15. The van der Waals surface area contributed by atoms with E-state index in [4.69, 9.17) is 30.4 Å². The number of aromatic amines is 1. The molecule has 0 spiro atoms. The molecule has 59 heavy (non-hydrogen) atoms. The van der Waals surface area contributed by atoms with Crippen molar-refractivity contribution in [1.29, 1.82) is 0 Å². The van der Waals surface area contributed by atoms with Crippen molar-refractivity contribution < 1.29 is 18.9 Å². The summed E-state index contributed by atoms with van der Waals surface area (Å²) < 4.78 is 24.4. The Morgan fingerprint density at radius 1 is 0.390 bits per heavy atom. The quantitative estimate of drug-likeness (QED) is 0.0525. The van der Waals surface area contributed by atoms with Gasteiger partial charge in [-0.1, -0.05) is 102 Å². The summed E-state index contributed by atoms with van der Waals surface area (Å²) in [5, 5.41) is 2.01. The van der Waals surface area contributed by atoms with Gasteiger partial charge in [0.05, 0.1) is 31.9 Å². The predicted molar refractivity (Wildman–Crippen MR) is 248 cm³/mol. The van der Waals surface area contributed by atoms with Crippen LogP contribution in [0, 0.1) is 0 Å². The van der Waals surface area contributed by atoms with E-state index in [-0.39, 0.29) is 0 Å². The molecule has 0 unspecified atom stereocenters. The van der Waals surface area contributed by atoms with E-state index in [1.807, 2.05) is 42.5 Å². The van der Waals surface area contributed by atoms with E-state index in [9.17, 15) is 0 Å². The molecule has 306 valence electrons. The number of rotatable bonds is 20. The Morgan fingerprint density at radius 2 is 0.746 bits per heavy atom. The smallest absolute Gasteiger partial charge is 0.119 e. The Hall–Kier alpha value is -6.08. The number of anilines is 2. The van der Waals surface area contributed by atoms with Gasteiger partial charge in [0.15, 0.2) is 0 Å². The van der Waals surface area contributed by atoms with Crippen molar-refractivity contribution in [3.63, 3.8) is 0 Å². The Morgan fingerprint density at radius 3 is 1.14 bits per heavy atom. The van der Waals surface area contributed by atoms with E-state index >= 15 is 0 Å². The normalized spacial score (nSPS) is 11.3. The average Bonchev–Trinajstić information content (AvgIpc) is 3.64. The van der Waals surface area contributed by atoms with Crippen LogP contribution in [0.25, 0.3) is 66.3 Å². The third-order valence-corrected chi connectivity index (χ3v) is 10.9. The van der Waals surface area contributed by atoms with Gasteiger partial charge in [0, 0.05) is 49.9 Å². The molecular formula is C52H59N3O4. The molecule has 0 aliphatic heterocycles. The van der Waals surface area contributed by atoms with Crippen LogP contribution in [-0.2, 0) is 0 Å². The van der Waals surface area contributed by atoms with Gasteiger partial charge in [-0.05, 0) is 109 Å². The first-order valence-electron chi connectivity index (χ1n) is 21.6. The van der Waals surface area contributed by atoms with E-state index in [0.717, 1.165) is 141 Å². The van der Waals surface area contributed by atoms with Crippen molar-refractivity contribution in [1.82, 2.24) is 4.98 Å². The number of H-pyrrole nitrogens is 1. The molecule has 0 saturated heterocycles. The molecule has 1 heterocycles.